The number of nitro groups is 1. The van der Waals surface area contributed by atoms with Gasteiger partial charge in [-0.1, -0.05) is 0 Å². The van der Waals surface area contributed by atoms with Crippen molar-refractivity contribution in [2.75, 3.05) is 6.61 Å². The van der Waals surface area contributed by atoms with Crippen molar-refractivity contribution in [1.82, 2.24) is 9.55 Å². The number of aryl methyl sites for hydroxylation is 1. The summed E-state index contributed by atoms with van der Waals surface area (Å²) < 4.78 is 12.2. The summed E-state index contributed by atoms with van der Waals surface area (Å²) in [5.41, 5.74) is -0.522. The molecule has 0 spiro atoms. The number of ether oxygens (including phenoxy) is 2. The van der Waals surface area contributed by atoms with E-state index < -0.39 is 34.5 Å². The number of aromatic amines is 1. The van der Waals surface area contributed by atoms with Crippen molar-refractivity contribution in [2.45, 2.75) is 32.1 Å². The number of H-pyrrole nitrogens is 1. The molecule has 1 fully saturated rings. The summed E-state index contributed by atoms with van der Waals surface area (Å²) in [6, 6.07) is 5.09. The van der Waals surface area contributed by atoms with Gasteiger partial charge in [0, 0.05) is 23.9 Å². The van der Waals surface area contributed by atoms with Crippen LogP contribution >= 0.6 is 0 Å². The third-order valence-corrected chi connectivity index (χ3v) is 4.26. The number of hydrogen-bond acceptors (Lipinski definition) is 7. The Morgan fingerprint density at radius 2 is 2.04 bits per heavy atom. The van der Waals surface area contributed by atoms with Gasteiger partial charge >= 0.3 is 11.7 Å². The highest BCUT2D eigenvalue weighted by Gasteiger charge is 2.28. The van der Waals surface area contributed by atoms with Crippen LogP contribution in [0.4, 0.5) is 5.69 Å². The number of esters is 1. The highest BCUT2D eigenvalue weighted by atomic mass is 16.6. The molecule has 1 aromatic carbocycles. The molecule has 2 heterocycles. The maximum atomic E-state index is 12.0. The largest absolute Gasteiger partial charge is 0.459 e. The van der Waals surface area contributed by atoms with Gasteiger partial charge < -0.3 is 9.47 Å². The van der Waals surface area contributed by atoms with Gasteiger partial charge in [-0.15, -0.1) is 0 Å². The molecule has 0 bridgehead atoms. The standard InChI is InChI=1S/C17H17N3O7/c1-10-8-19(17(23)18-15(10)21)14-7-6-13(27-14)9-26-16(22)11-2-4-12(5-3-11)20(24)25/h2-5,8,13-14H,6-7,9H2,1H3,(H,18,21,23)/t13-,14+/m0/s1. The number of aromatic nitrogens is 2. The summed E-state index contributed by atoms with van der Waals surface area (Å²) in [7, 11) is 0. The molecule has 10 nitrogen and oxygen atoms in total. The summed E-state index contributed by atoms with van der Waals surface area (Å²) in [5, 5.41) is 10.6. The van der Waals surface area contributed by atoms with Crippen molar-refractivity contribution in [3.05, 3.63) is 72.5 Å². The lowest BCUT2D eigenvalue weighted by molar-refractivity contribution is -0.384. The number of non-ortho nitro benzene ring substituents is 1. The van der Waals surface area contributed by atoms with E-state index in [1.54, 1.807) is 6.92 Å². The molecule has 142 valence electrons. The zero-order chi connectivity index (χ0) is 19.6. The zero-order valence-corrected chi connectivity index (χ0v) is 14.4. The second kappa shape index (κ2) is 7.54. The minimum absolute atomic E-state index is 0.0105. The first-order chi connectivity index (χ1) is 12.8. The lowest BCUT2D eigenvalue weighted by Crippen LogP contribution is -2.33. The number of hydrogen-bond donors (Lipinski definition) is 1. The second-order valence-corrected chi connectivity index (χ2v) is 6.17. The van der Waals surface area contributed by atoms with Crippen molar-refractivity contribution in [1.29, 1.82) is 0 Å². The summed E-state index contributed by atoms with van der Waals surface area (Å²) in [6.45, 7) is 1.58. The first kappa shape index (κ1) is 18.5. The van der Waals surface area contributed by atoms with E-state index >= 15 is 0 Å². The van der Waals surface area contributed by atoms with Crippen LogP contribution in [0.15, 0.2) is 40.1 Å². The van der Waals surface area contributed by atoms with E-state index in [1.807, 2.05) is 0 Å². The lowest BCUT2D eigenvalue weighted by atomic mass is 10.2. The van der Waals surface area contributed by atoms with E-state index in [2.05, 4.69) is 4.98 Å². The first-order valence-corrected chi connectivity index (χ1v) is 8.24. The minimum Gasteiger partial charge on any atom is -0.459 e. The molecule has 1 aliphatic rings. The van der Waals surface area contributed by atoms with Gasteiger partial charge in [0.15, 0.2) is 0 Å². The third kappa shape index (κ3) is 4.11. The van der Waals surface area contributed by atoms with E-state index in [1.165, 1.54) is 35.0 Å². The van der Waals surface area contributed by atoms with Gasteiger partial charge in [0.2, 0.25) is 0 Å². The number of nitrogens with one attached hydrogen (secondary N) is 1. The summed E-state index contributed by atoms with van der Waals surface area (Å²) in [5.74, 6) is -0.617. The lowest BCUT2D eigenvalue weighted by Gasteiger charge is -2.16. The van der Waals surface area contributed by atoms with Crippen molar-refractivity contribution < 1.29 is 19.2 Å². The Labute approximate surface area is 152 Å². The van der Waals surface area contributed by atoms with Crippen LogP contribution in [-0.4, -0.2) is 33.2 Å². The van der Waals surface area contributed by atoms with Crippen LogP contribution in [0, 0.1) is 17.0 Å². The molecule has 1 N–H and O–H groups in total. The molecule has 2 atom stereocenters. The zero-order valence-electron chi connectivity index (χ0n) is 14.4. The molecule has 0 amide bonds. The molecular weight excluding hydrogens is 358 g/mol. The van der Waals surface area contributed by atoms with Crippen LogP contribution in [-0.2, 0) is 9.47 Å². The van der Waals surface area contributed by atoms with E-state index in [9.17, 15) is 24.5 Å². The molecule has 0 unspecified atom stereocenters. The molecule has 2 aromatic rings. The molecule has 0 saturated carbocycles. The van der Waals surface area contributed by atoms with Gasteiger partial charge in [-0.2, -0.15) is 0 Å². The predicted octanol–water partition coefficient (Wildman–Crippen LogP) is 1.29. The molecule has 1 aliphatic heterocycles. The van der Waals surface area contributed by atoms with Gasteiger partial charge in [-0.25, -0.2) is 9.59 Å². The fourth-order valence-corrected chi connectivity index (χ4v) is 2.79. The van der Waals surface area contributed by atoms with Crippen LogP contribution in [0.5, 0.6) is 0 Å². The quantitative estimate of drug-likeness (QED) is 0.473. The Balaban J connectivity index is 1.58. The first-order valence-electron chi connectivity index (χ1n) is 8.24. The smallest absolute Gasteiger partial charge is 0.338 e. The third-order valence-electron chi connectivity index (χ3n) is 4.26. The fourth-order valence-electron chi connectivity index (χ4n) is 2.79. The molecule has 3 rings (SSSR count). The van der Waals surface area contributed by atoms with Gasteiger partial charge in [0.05, 0.1) is 16.6 Å². The van der Waals surface area contributed by atoms with Crippen molar-refractivity contribution >= 4 is 11.7 Å². The Morgan fingerprint density at radius 3 is 2.70 bits per heavy atom. The number of carbonyl (C=O) groups is 1. The Morgan fingerprint density at radius 1 is 1.33 bits per heavy atom. The average molecular weight is 375 g/mol. The summed E-state index contributed by atoms with van der Waals surface area (Å²) in [4.78, 5) is 47.7. The molecule has 0 radical (unpaired) electrons. The number of rotatable bonds is 5. The Kier molecular flexibility index (Phi) is 5.17. The average Bonchev–Trinajstić information content (AvgIpc) is 3.11. The molecule has 10 heteroatoms. The highest BCUT2D eigenvalue weighted by Crippen LogP contribution is 2.27. The van der Waals surface area contributed by atoms with Crippen LogP contribution < -0.4 is 11.2 Å². The highest BCUT2D eigenvalue weighted by molar-refractivity contribution is 5.89. The maximum absolute atomic E-state index is 12.0. The van der Waals surface area contributed by atoms with E-state index in [0.717, 1.165) is 0 Å². The summed E-state index contributed by atoms with van der Waals surface area (Å²) in [6.07, 6.45) is 1.61. The fraction of sp³-hybridized carbons (Fsp3) is 0.353. The van der Waals surface area contributed by atoms with Gasteiger partial charge in [0.1, 0.15) is 12.8 Å². The molecule has 27 heavy (non-hydrogen) atoms. The van der Waals surface area contributed by atoms with Crippen LogP contribution in [0.1, 0.15) is 35.0 Å². The number of nitrogens with zero attached hydrogens (tertiary/aromatic N) is 2. The number of carbonyl (C=O) groups excluding carboxylic acids is 1. The predicted molar refractivity (Wildman–Crippen MR) is 92.6 cm³/mol. The normalized spacial score (nSPS) is 19.0. The van der Waals surface area contributed by atoms with Crippen molar-refractivity contribution in [3.63, 3.8) is 0 Å². The maximum Gasteiger partial charge on any atom is 0.338 e. The van der Waals surface area contributed by atoms with Crippen LogP contribution in [0.2, 0.25) is 0 Å². The topological polar surface area (TPSA) is 134 Å². The minimum atomic E-state index is -0.617. The van der Waals surface area contributed by atoms with E-state index in [-0.39, 0.29) is 17.9 Å². The van der Waals surface area contributed by atoms with E-state index in [0.29, 0.717) is 18.4 Å². The molecular formula is C17H17N3O7. The molecule has 1 aromatic heterocycles. The summed E-state index contributed by atoms with van der Waals surface area (Å²) >= 11 is 0. The Bertz CT molecular complexity index is 977. The SMILES string of the molecule is Cc1cn([C@H]2CC[C@@H](COC(=O)c3ccc([N+](=O)[O-])cc3)O2)c(=O)[nH]c1=O. The van der Waals surface area contributed by atoms with Gasteiger partial charge in [-0.3, -0.25) is 24.5 Å². The molecule has 1 saturated heterocycles. The number of nitro benzene ring substituents is 1. The van der Waals surface area contributed by atoms with Gasteiger partial charge in [0.25, 0.3) is 11.2 Å². The van der Waals surface area contributed by atoms with Crippen molar-refractivity contribution in [3.8, 4) is 0 Å². The number of benzene rings is 1. The Hall–Kier alpha value is -3.27. The molecule has 0 aliphatic carbocycles. The van der Waals surface area contributed by atoms with E-state index in [4.69, 9.17) is 9.47 Å². The van der Waals surface area contributed by atoms with Crippen LogP contribution in [0.25, 0.3) is 0 Å². The monoisotopic (exact) mass is 375 g/mol. The van der Waals surface area contributed by atoms with Crippen molar-refractivity contribution in [2.24, 2.45) is 0 Å². The second-order valence-electron chi connectivity index (χ2n) is 6.17. The van der Waals surface area contributed by atoms with Crippen LogP contribution in [0.3, 0.4) is 0 Å². The van der Waals surface area contributed by atoms with Gasteiger partial charge in [-0.05, 0) is 31.9 Å².